The van der Waals surface area contributed by atoms with E-state index in [0.717, 1.165) is 0 Å². The first-order valence-electron chi connectivity index (χ1n) is 6.07. The number of halogens is 2. The fraction of sp³-hybridized carbons (Fsp3) is 0.231. The first-order chi connectivity index (χ1) is 9.58. The fourth-order valence-corrected chi connectivity index (χ4v) is 2.59. The molecule has 0 aliphatic carbocycles. The Morgan fingerprint density at radius 2 is 2.10 bits per heavy atom. The average Bonchev–Trinajstić information content (AvgIpc) is 2.43. The van der Waals surface area contributed by atoms with Gasteiger partial charge in [-0.05, 0) is 24.1 Å². The summed E-state index contributed by atoms with van der Waals surface area (Å²) in [5.74, 6) is -0.253. The number of nitrogen functional groups attached to an aromatic ring is 2. The molecule has 0 radical (unpaired) electrons. The Balaban J connectivity index is 2.16. The van der Waals surface area contributed by atoms with Crippen molar-refractivity contribution in [2.75, 3.05) is 18.1 Å². The van der Waals surface area contributed by atoms with E-state index >= 15 is 0 Å². The molecule has 1 aromatic heterocycles. The predicted molar refractivity (Wildman–Crippen MR) is 74.2 cm³/mol. The second kappa shape index (κ2) is 4.79. The van der Waals surface area contributed by atoms with Gasteiger partial charge in [-0.3, -0.25) is 0 Å². The summed E-state index contributed by atoms with van der Waals surface area (Å²) in [7, 11) is 0. The molecule has 4 N–H and O–H groups in total. The summed E-state index contributed by atoms with van der Waals surface area (Å²) in [6.45, 7) is 0.375. The van der Waals surface area contributed by atoms with Gasteiger partial charge in [-0.1, -0.05) is 12.1 Å². The third-order valence-corrected chi connectivity index (χ3v) is 3.50. The van der Waals surface area contributed by atoms with Gasteiger partial charge in [-0.25, -0.2) is 9.37 Å². The second-order valence-corrected chi connectivity index (χ2v) is 4.86. The average molecular weight is 295 g/mol. The molecule has 0 unspecified atom stereocenters. The molecular weight excluding hydrogens is 283 g/mol. The van der Waals surface area contributed by atoms with Crippen LogP contribution in [0.5, 0.6) is 5.75 Å². The molecule has 7 heteroatoms. The van der Waals surface area contributed by atoms with E-state index in [1.165, 1.54) is 6.07 Å². The summed E-state index contributed by atoms with van der Waals surface area (Å²) >= 11 is 5.84. The van der Waals surface area contributed by atoms with E-state index in [1.54, 1.807) is 12.1 Å². The van der Waals surface area contributed by atoms with Crippen molar-refractivity contribution < 1.29 is 9.13 Å². The van der Waals surface area contributed by atoms with Crippen LogP contribution in [-0.4, -0.2) is 16.6 Å². The van der Waals surface area contributed by atoms with Gasteiger partial charge in [0.2, 0.25) is 5.28 Å². The minimum Gasteiger partial charge on any atom is -0.490 e. The minimum absolute atomic E-state index is 0.0242. The summed E-state index contributed by atoms with van der Waals surface area (Å²) in [4.78, 5) is 7.96. The molecule has 0 fully saturated rings. The van der Waals surface area contributed by atoms with Crippen molar-refractivity contribution in [1.82, 2.24) is 9.97 Å². The monoisotopic (exact) mass is 294 g/mol. The van der Waals surface area contributed by atoms with Gasteiger partial charge in [-0.2, -0.15) is 4.98 Å². The number of rotatable bonds is 1. The maximum atomic E-state index is 13.8. The van der Waals surface area contributed by atoms with Crippen LogP contribution in [0, 0.1) is 5.82 Å². The van der Waals surface area contributed by atoms with Crippen molar-refractivity contribution in [1.29, 1.82) is 0 Å². The predicted octanol–water partition coefficient (Wildman–Crippen LogP) is 2.35. The normalized spacial score (nSPS) is 17.4. The molecule has 0 saturated heterocycles. The molecule has 20 heavy (non-hydrogen) atoms. The number of fused-ring (bicyclic) bond motifs is 1. The van der Waals surface area contributed by atoms with Crippen LogP contribution >= 0.6 is 11.6 Å². The zero-order valence-corrected chi connectivity index (χ0v) is 11.2. The molecular formula is C13H12ClFN4O. The molecule has 2 heterocycles. The van der Waals surface area contributed by atoms with Crippen LogP contribution in [-0.2, 0) is 0 Å². The molecule has 1 aliphatic rings. The lowest BCUT2D eigenvalue weighted by Crippen LogP contribution is -2.19. The lowest BCUT2D eigenvalue weighted by Gasteiger charge is -2.26. The van der Waals surface area contributed by atoms with Crippen LogP contribution in [0.15, 0.2) is 18.2 Å². The zero-order chi connectivity index (χ0) is 14.3. The number of ether oxygens (including phenoxy) is 1. The lowest BCUT2D eigenvalue weighted by molar-refractivity contribution is 0.262. The summed E-state index contributed by atoms with van der Waals surface area (Å²) in [6.07, 6.45) is 0.618. The van der Waals surface area contributed by atoms with Gasteiger partial charge in [0.05, 0.1) is 18.0 Å². The smallest absolute Gasteiger partial charge is 0.224 e. The van der Waals surface area contributed by atoms with Crippen molar-refractivity contribution in [2.24, 2.45) is 0 Å². The molecule has 1 aromatic carbocycles. The van der Waals surface area contributed by atoms with Crippen molar-refractivity contribution in [3.8, 4) is 5.75 Å². The van der Waals surface area contributed by atoms with Crippen LogP contribution in [0.4, 0.5) is 15.9 Å². The molecule has 2 aromatic rings. The van der Waals surface area contributed by atoms with Gasteiger partial charge in [0.25, 0.3) is 0 Å². The molecule has 1 aliphatic heterocycles. The number of aromatic nitrogens is 2. The second-order valence-electron chi connectivity index (χ2n) is 4.52. The van der Waals surface area contributed by atoms with Crippen LogP contribution in [0.25, 0.3) is 0 Å². The van der Waals surface area contributed by atoms with Crippen molar-refractivity contribution in [3.05, 3.63) is 40.6 Å². The number of benzene rings is 1. The van der Waals surface area contributed by atoms with E-state index in [9.17, 15) is 4.39 Å². The highest BCUT2D eigenvalue weighted by atomic mass is 35.5. The summed E-state index contributed by atoms with van der Waals surface area (Å²) in [5, 5.41) is 0.0242. The van der Waals surface area contributed by atoms with Crippen molar-refractivity contribution in [2.45, 2.75) is 12.3 Å². The Morgan fingerprint density at radius 3 is 2.90 bits per heavy atom. The van der Waals surface area contributed by atoms with Gasteiger partial charge in [0, 0.05) is 11.5 Å². The van der Waals surface area contributed by atoms with E-state index in [-0.39, 0.29) is 28.5 Å². The molecule has 3 rings (SSSR count). The summed E-state index contributed by atoms with van der Waals surface area (Å²) in [5.41, 5.74) is 13.1. The Hall–Kier alpha value is -2.08. The quantitative estimate of drug-likeness (QED) is 0.788. The van der Waals surface area contributed by atoms with Crippen LogP contribution in [0.3, 0.4) is 0 Å². The summed E-state index contributed by atoms with van der Waals surface area (Å²) < 4.78 is 19.2. The SMILES string of the molecule is Nc1nc(Cl)nc([C@@H]2CCOc3c(F)cccc32)c1N. The minimum atomic E-state index is -0.404. The van der Waals surface area contributed by atoms with Gasteiger partial charge < -0.3 is 16.2 Å². The highest BCUT2D eigenvalue weighted by molar-refractivity contribution is 6.28. The summed E-state index contributed by atoms with van der Waals surface area (Å²) in [6, 6.07) is 4.76. The number of anilines is 2. The van der Waals surface area contributed by atoms with E-state index in [4.69, 9.17) is 27.8 Å². The highest BCUT2D eigenvalue weighted by Crippen LogP contribution is 2.41. The first kappa shape index (κ1) is 12.9. The largest absolute Gasteiger partial charge is 0.490 e. The van der Waals surface area contributed by atoms with Crippen molar-refractivity contribution in [3.63, 3.8) is 0 Å². The maximum Gasteiger partial charge on any atom is 0.224 e. The Kier molecular flexibility index (Phi) is 3.10. The number of nitrogens with two attached hydrogens (primary N) is 2. The molecule has 0 spiro atoms. The third kappa shape index (κ3) is 2.02. The number of hydrogen-bond acceptors (Lipinski definition) is 5. The zero-order valence-electron chi connectivity index (χ0n) is 10.4. The molecule has 0 amide bonds. The molecule has 0 bridgehead atoms. The van der Waals surface area contributed by atoms with Crippen LogP contribution < -0.4 is 16.2 Å². The van der Waals surface area contributed by atoms with E-state index in [2.05, 4.69) is 9.97 Å². The molecule has 104 valence electrons. The van der Waals surface area contributed by atoms with Gasteiger partial charge in [0.15, 0.2) is 17.4 Å². The molecule has 0 saturated carbocycles. The standard InChI is InChI=1S/C13H12ClFN4O/c14-13-18-10(9(16)12(17)19-13)6-4-5-20-11-7(6)2-1-3-8(11)15/h1-3,6H,4-5,16H2,(H2,17,18,19)/t6-/m1/s1. The van der Waals surface area contributed by atoms with Gasteiger partial charge in [0.1, 0.15) is 0 Å². The Bertz CT molecular complexity index is 680. The lowest BCUT2D eigenvalue weighted by atomic mass is 9.89. The Labute approximate surface area is 119 Å². The third-order valence-electron chi connectivity index (χ3n) is 3.33. The van der Waals surface area contributed by atoms with E-state index in [1.807, 2.05) is 0 Å². The van der Waals surface area contributed by atoms with Crippen LogP contribution in [0.1, 0.15) is 23.6 Å². The maximum absolute atomic E-state index is 13.8. The molecule has 1 atom stereocenters. The van der Waals surface area contributed by atoms with Gasteiger partial charge >= 0.3 is 0 Å². The molecule has 5 nitrogen and oxygen atoms in total. The van der Waals surface area contributed by atoms with Crippen molar-refractivity contribution >= 4 is 23.1 Å². The van der Waals surface area contributed by atoms with Gasteiger partial charge in [-0.15, -0.1) is 0 Å². The van der Waals surface area contributed by atoms with E-state index < -0.39 is 5.82 Å². The fourth-order valence-electron chi connectivity index (χ4n) is 2.41. The number of nitrogens with zero attached hydrogens (tertiary/aromatic N) is 2. The number of para-hydroxylation sites is 1. The van der Waals surface area contributed by atoms with E-state index in [0.29, 0.717) is 24.3 Å². The van der Waals surface area contributed by atoms with Crippen LogP contribution in [0.2, 0.25) is 5.28 Å². The first-order valence-corrected chi connectivity index (χ1v) is 6.45. The highest BCUT2D eigenvalue weighted by Gasteiger charge is 2.29. The number of hydrogen-bond donors (Lipinski definition) is 2. The topological polar surface area (TPSA) is 87.0 Å². The Morgan fingerprint density at radius 1 is 1.30 bits per heavy atom.